The highest BCUT2D eigenvalue weighted by Crippen LogP contribution is 2.29. The van der Waals surface area contributed by atoms with E-state index in [0.29, 0.717) is 17.7 Å². The number of hydrogen-bond acceptors (Lipinski definition) is 4. The summed E-state index contributed by atoms with van der Waals surface area (Å²) in [5.41, 5.74) is -0.264. The van der Waals surface area contributed by atoms with Gasteiger partial charge in [-0.25, -0.2) is 4.79 Å². The maximum absolute atomic E-state index is 12.6. The number of halogens is 3. The van der Waals surface area contributed by atoms with Crippen LogP contribution in [0.5, 0.6) is 11.5 Å². The molecule has 0 heterocycles. The Morgan fingerprint density at radius 2 is 1.41 bits per heavy atom. The molecule has 0 aromatic heterocycles. The van der Waals surface area contributed by atoms with E-state index in [9.17, 15) is 22.8 Å². The van der Waals surface area contributed by atoms with Crippen LogP contribution in [0.4, 0.5) is 13.2 Å². The van der Waals surface area contributed by atoms with Crippen LogP contribution in [0.2, 0.25) is 0 Å². The summed E-state index contributed by atoms with van der Waals surface area (Å²) >= 11 is 0. The van der Waals surface area contributed by atoms with Crippen molar-refractivity contribution in [1.29, 1.82) is 0 Å². The van der Waals surface area contributed by atoms with Crippen LogP contribution in [0.25, 0.3) is 0 Å². The van der Waals surface area contributed by atoms with Crippen molar-refractivity contribution in [2.75, 3.05) is 13.2 Å². The molecule has 0 radical (unpaired) electrons. The van der Waals surface area contributed by atoms with Crippen molar-refractivity contribution in [2.24, 2.45) is 0 Å². The molecule has 1 amide bonds. The predicted octanol–water partition coefficient (Wildman–Crippen LogP) is 5.12. The SMILES string of the molecule is O=C(NCCCOc1ccccc1OC(=O)c1ccccc1)c1ccc(C(F)(F)F)cc1. The molecular weight excluding hydrogens is 423 g/mol. The van der Waals surface area contributed by atoms with Crippen molar-refractivity contribution in [3.05, 3.63) is 95.6 Å². The molecule has 0 aliphatic rings. The van der Waals surface area contributed by atoms with Crippen LogP contribution in [-0.4, -0.2) is 25.0 Å². The summed E-state index contributed by atoms with van der Waals surface area (Å²) in [7, 11) is 0. The first-order chi connectivity index (χ1) is 15.3. The molecule has 3 aromatic rings. The lowest BCUT2D eigenvalue weighted by Crippen LogP contribution is -2.25. The van der Waals surface area contributed by atoms with Gasteiger partial charge in [-0.15, -0.1) is 0 Å². The standard InChI is InChI=1S/C24H20F3NO4/c25-24(26,27)19-13-11-17(12-14-19)22(29)28-15-6-16-31-20-9-4-5-10-21(20)32-23(30)18-7-2-1-3-8-18/h1-5,7-14H,6,15-16H2,(H,28,29). The molecule has 3 rings (SSSR count). The van der Waals surface area contributed by atoms with Crippen molar-refractivity contribution < 1.29 is 32.2 Å². The van der Waals surface area contributed by atoms with Gasteiger partial charge in [-0.05, 0) is 55.0 Å². The topological polar surface area (TPSA) is 64.6 Å². The van der Waals surface area contributed by atoms with Gasteiger partial charge in [-0.3, -0.25) is 4.79 Å². The van der Waals surface area contributed by atoms with Gasteiger partial charge in [0, 0.05) is 12.1 Å². The zero-order chi connectivity index (χ0) is 23.0. The quantitative estimate of drug-likeness (QED) is 0.298. The van der Waals surface area contributed by atoms with Gasteiger partial charge in [0.25, 0.3) is 5.91 Å². The van der Waals surface area contributed by atoms with Crippen molar-refractivity contribution >= 4 is 11.9 Å². The molecule has 0 atom stereocenters. The summed E-state index contributed by atoms with van der Waals surface area (Å²) in [5, 5.41) is 2.63. The highest BCUT2D eigenvalue weighted by molar-refractivity contribution is 5.94. The fraction of sp³-hybridized carbons (Fsp3) is 0.167. The third-order valence-electron chi connectivity index (χ3n) is 4.40. The van der Waals surface area contributed by atoms with E-state index >= 15 is 0 Å². The van der Waals surface area contributed by atoms with Crippen molar-refractivity contribution in [3.63, 3.8) is 0 Å². The first kappa shape index (κ1) is 22.9. The molecule has 0 saturated heterocycles. The molecule has 1 N–H and O–H groups in total. The molecule has 5 nitrogen and oxygen atoms in total. The minimum Gasteiger partial charge on any atom is -0.490 e. The molecule has 0 aliphatic carbocycles. The Morgan fingerprint density at radius 3 is 2.06 bits per heavy atom. The number of ether oxygens (including phenoxy) is 2. The van der Waals surface area contributed by atoms with E-state index in [2.05, 4.69) is 5.32 Å². The summed E-state index contributed by atoms with van der Waals surface area (Å²) < 4.78 is 48.8. The Labute approximate surface area is 182 Å². The number of hydrogen-bond donors (Lipinski definition) is 1. The molecule has 0 unspecified atom stereocenters. The van der Waals surface area contributed by atoms with E-state index in [4.69, 9.17) is 9.47 Å². The van der Waals surface area contributed by atoms with E-state index in [1.807, 2.05) is 0 Å². The minimum atomic E-state index is -4.45. The van der Waals surface area contributed by atoms with Gasteiger partial charge in [-0.2, -0.15) is 13.2 Å². The number of benzene rings is 3. The van der Waals surface area contributed by atoms with E-state index in [1.165, 1.54) is 0 Å². The van der Waals surface area contributed by atoms with Gasteiger partial charge in [0.2, 0.25) is 0 Å². The van der Waals surface area contributed by atoms with Crippen LogP contribution in [0.1, 0.15) is 32.7 Å². The monoisotopic (exact) mass is 443 g/mol. The average molecular weight is 443 g/mol. The lowest BCUT2D eigenvalue weighted by atomic mass is 10.1. The second-order valence-corrected chi connectivity index (χ2v) is 6.74. The predicted molar refractivity (Wildman–Crippen MR) is 112 cm³/mol. The number of nitrogens with one attached hydrogen (secondary N) is 1. The number of carbonyl (C=O) groups is 2. The lowest BCUT2D eigenvalue weighted by molar-refractivity contribution is -0.137. The van der Waals surface area contributed by atoms with E-state index < -0.39 is 23.6 Å². The molecular formula is C24H20F3NO4. The fourth-order valence-corrected chi connectivity index (χ4v) is 2.76. The van der Waals surface area contributed by atoms with E-state index in [-0.39, 0.29) is 24.5 Å². The van der Waals surface area contributed by atoms with Crippen molar-refractivity contribution in [1.82, 2.24) is 5.32 Å². The normalized spacial score (nSPS) is 11.0. The van der Waals surface area contributed by atoms with Gasteiger partial charge in [-0.1, -0.05) is 30.3 Å². The smallest absolute Gasteiger partial charge is 0.416 e. The zero-order valence-electron chi connectivity index (χ0n) is 16.9. The lowest BCUT2D eigenvalue weighted by Gasteiger charge is -2.12. The molecule has 0 spiro atoms. The molecule has 0 fully saturated rings. The molecule has 0 bridgehead atoms. The minimum absolute atomic E-state index is 0.136. The summed E-state index contributed by atoms with van der Waals surface area (Å²) in [5.74, 6) is -0.331. The molecule has 32 heavy (non-hydrogen) atoms. The zero-order valence-corrected chi connectivity index (χ0v) is 16.9. The van der Waals surface area contributed by atoms with Crippen LogP contribution in [0.15, 0.2) is 78.9 Å². The van der Waals surface area contributed by atoms with Crippen LogP contribution in [0.3, 0.4) is 0 Å². The Kier molecular flexibility index (Phi) is 7.49. The second kappa shape index (κ2) is 10.5. The van der Waals surface area contributed by atoms with Gasteiger partial charge in [0.05, 0.1) is 17.7 Å². The Balaban J connectivity index is 1.46. The highest BCUT2D eigenvalue weighted by atomic mass is 19.4. The fourth-order valence-electron chi connectivity index (χ4n) is 2.76. The van der Waals surface area contributed by atoms with Crippen molar-refractivity contribution in [2.45, 2.75) is 12.6 Å². The Hall–Kier alpha value is -3.81. The molecule has 0 saturated carbocycles. The van der Waals surface area contributed by atoms with Crippen molar-refractivity contribution in [3.8, 4) is 11.5 Å². The maximum atomic E-state index is 12.6. The summed E-state index contributed by atoms with van der Waals surface area (Å²) in [6.07, 6.45) is -4.01. The molecule has 0 aliphatic heterocycles. The van der Waals surface area contributed by atoms with Crippen LogP contribution in [-0.2, 0) is 6.18 Å². The van der Waals surface area contributed by atoms with Gasteiger partial charge < -0.3 is 14.8 Å². The van der Waals surface area contributed by atoms with Gasteiger partial charge >= 0.3 is 12.1 Å². The largest absolute Gasteiger partial charge is 0.490 e. The number of esters is 1. The molecule has 3 aromatic carbocycles. The summed E-state index contributed by atoms with van der Waals surface area (Å²) in [6, 6.07) is 19.3. The second-order valence-electron chi connectivity index (χ2n) is 6.74. The summed E-state index contributed by atoms with van der Waals surface area (Å²) in [6.45, 7) is 0.485. The first-order valence-corrected chi connectivity index (χ1v) is 9.79. The third kappa shape index (κ3) is 6.34. The van der Waals surface area contributed by atoms with Gasteiger partial charge in [0.1, 0.15) is 0 Å². The number of amides is 1. The number of carbonyl (C=O) groups excluding carboxylic acids is 2. The number of para-hydroxylation sites is 2. The van der Waals surface area contributed by atoms with Crippen LogP contribution in [0, 0.1) is 0 Å². The molecule has 8 heteroatoms. The highest BCUT2D eigenvalue weighted by Gasteiger charge is 2.30. The van der Waals surface area contributed by atoms with Gasteiger partial charge in [0.15, 0.2) is 11.5 Å². The number of alkyl halides is 3. The first-order valence-electron chi connectivity index (χ1n) is 9.79. The van der Waals surface area contributed by atoms with Crippen LogP contribution >= 0.6 is 0 Å². The van der Waals surface area contributed by atoms with E-state index in [1.54, 1.807) is 54.6 Å². The average Bonchev–Trinajstić information content (AvgIpc) is 2.80. The third-order valence-corrected chi connectivity index (χ3v) is 4.40. The molecule has 166 valence electrons. The van der Waals surface area contributed by atoms with Crippen LogP contribution < -0.4 is 14.8 Å². The Bertz CT molecular complexity index is 1050. The Morgan fingerprint density at radius 1 is 0.781 bits per heavy atom. The summed E-state index contributed by atoms with van der Waals surface area (Å²) in [4.78, 5) is 24.3. The van der Waals surface area contributed by atoms with E-state index in [0.717, 1.165) is 24.3 Å². The number of rotatable bonds is 8. The maximum Gasteiger partial charge on any atom is 0.416 e.